The molecule has 0 spiro atoms. The quantitative estimate of drug-likeness (QED) is 0.779. The number of rotatable bonds is 5. The summed E-state index contributed by atoms with van der Waals surface area (Å²) >= 11 is 0. The van der Waals surface area contributed by atoms with Crippen LogP contribution >= 0.6 is 0 Å². The third kappa shape index (κ3) is 3.09. The van der Waals surface area contributed by atoms with Crippen LogP contribution in [0.25, 0.3) is 0 Å². The van der Waals surface area contributed by atoms with Crippen LogP contribution in [-0.2, 0) is 14.9 Å². The third-order valence-electron chi connectivity index (χ3n) is 6.81. The van der Waals surface area contributed by atoms with Crippen LogP contribution in [0.4, 0.5) is 0 Å². The van der Waals surface area contributed by atoms with Gasteiger partial charge in [0.1, 0.15) is 0 Å². The summed E-state index contributed by atoms with van der Waals surface area (Å²) in [6.07, 6.45) is 3.23. The molecule has 3 rings (SSSR count). The molecule has 0 unspecified atom stereocenters. The summed E-state index contributed by atoms with van der Waals surface area (Å²) in [4.78, 5) is 17.2. The number of benzene rings is 1. The van der Waals surface area contributed by atoms with E-state index in [1.807, 2.05) is 0 Å². The Hall–Kier alpha value is -1.77. The number of fused-ring (bicyclic) bond motifs is 2. The van der Waals surface area contributed by atoms with Crippen LogP contribution in [0.15, 0.2) is 34.3 Å². The van der Waals surface area contributed by atoms with Crippen LogP contribution in [0.1, 0.15) is 50.4 Å². The van der Waals surface area contributed by atoms with Gasteiger partial charge in [-0.3, -0.25) is 9.63 Å². The molecular formula is C19H27N3O4S. The zero-order chi connectivity index (χ0) is 20.0. The van der Waals surface area contributed by atoms with Gasteiger partial charge in [0.25, 0.3) is 15.9 Å². The monoisotopic (exact) mass is 393 g/mol. The van der Waals surface area contributed by atoms with E-state index < -0.39 is 10.0 Å². The number of carbonyl (C=O) groups excluding carboxylic acids is 1. The van der Waals surface area contributed by atoms with Crippen molar-refractivity contribution in [3.63, 3.8) is 0 Å². The second kappa shape index (κ2) is 6.68. The number of hydrazone groups is 1. The molecule has 1 aromatic rings. The van der Waals surface area contributed by atoms with Crippen LogP contribution in [0.2, 0.25) is 0 Å². The maximum Gasteiger partial charge on any atom is 0.271 e. The standard InChI is InChI=1S/C19H27N3O4S/c1-18(2)14-10-11-19(18,3)16(12-14)20-21-17(23)13-6-8-15(9-7-13)27(24,25)22(4)26-5/h6-9,14H,10-12H2,1-5H3,(H,21,23)/b20-16-/t14-,19-/m0/s1. The van der Waals surface area contributed by atoms with Crippen molar-refractivity contribution in [2.24, 2.45) is 21.8 Å². The lowest BCUT2D eigenvalue weighted by Crippen LogP contribution is -2.34. The van der Waals surface area contributed by atoms with Crippen molar-refractivity contribution < 1.29 is 18.0 Å². The smallest absolute Gasteiger partial charge is 0.271 e. The van der Waals surface area contributed by atoms with E-state index >= 15 is 0 Å². The minimum atomic E-state index is -3.73. The van der Waals surface area contributed by atoms with E-state index in [4.69, 9.17) is 4.84 Å². The molecule has 2 bridgehead atoms. The number of hydrogen-bond donors (Lipinski definition) is 1. The Morgan fingerprint density at radius 1 is 1.26 bits per heavy atom. The molecule has 7 nitrogen and oxygen atoms in total. The van der Waals surface area contributed by atoms with Gasteiger partial charge < -0.3 is 0 Å². The van der Waals surface area contributed by atoms with Gasteiger partial charge in [-0.05, 0) is 54.9 Å². The van der Waals surface area contributed by atoms with Crippen molar-refractivity contribution >= 4 is 21.6 Å². The molecule has 2 aliphatic rings. The fraction of sp³-hybridized carbons (Fsp3) is 0.579. The van der Waals surface area contributed by atoms with Crippen molar-refractivity contribution in [1.29, 1.82) is 0 Å². The minimum Gasteiger partial charge on any atom is -0.288 e. The van der Waals surface area contributed by atoms with E-state index in [-0.39, 0.29) is 21.6 Å². The highest BCUT2D eigenvalue weighted by molar-refractivity contribution is 7.89. The Bertz CT molecular complexity index is 877. The number of sulfonamides is 1. The number of amides is 1. The largest absolute Gasteiger partial charge is 0.288 e. The van der Waals surface area contributed by atoms with E-state index in [0.29, 0.717) is 11.5 Å². The predicted molar refractivity (Wildman–Crippen MR) is 103 cm³/mol. The summed E-state index contributed by atoms with van der Waals surface area (Å²) in [7, 11) is -1.15. The van der Waals surface area contributed by atoms with Crippen molar-refractivity contribution in [2.45, 2.75) is 44.9 Å². The second-order valence-corrected chi connectivity index (χ2v) is 10.1. The van der Waals surface area contributed by atoms with Crippen LogP contribution < -0.4 is 5.43 Å². The molecule has 8 heteroatoms. The molecule has 0 aliphatic heterocycles. The normalized spacial score (nSPS) is 28.1. The molecule has 0 aromatic heterocycles. The fourth-order valence-electron chi connectivity index (χ4n) is 4.31. The second-order valence-electron chi connectivity index (χ2n) is 8.11. The number of hydroxylamine groups is 1. The SMILES string of the molecule is CON(C)S(=O)(=O)c1ccc(C(=O)N/N=C2/C[C@@H]3CC[C@]2(C)C3(C)C)cc1. The van der Waals surface area contributed by atoms with Crippen molar-refractivity contribution in [1.82, 2.24) is 9.89 Å². The molecule has 0 saturated heterocycles. The number of hydrogen-bond acceptors (Lipinski definition) is 5. The molecule has 148 valence electrons. The van der Waals surface area contributed by atoms with Crippen LogP contribution in [0.5, 0.6) is 0 Å². The molecule has 1 N–H and O–H groups in total. The molecule has 2 fully saturated rings. The van der Waals surface area contributed by atoms with Crippen molar-refractivity contribution in [3.8, 4) is 0 Å². The van der Waals surface area contributed by atoms with Crippen molar-refractivity contribution in [2.75, 3.05) is 14.2 Å². The average Bonchev–Trinajstić information content (AvgIpc) is 2.98. The fourth-order valence-corrected chi connectivity index (χ4v) is 5.28. The van der Waals surface area contributed by atoms with Gasteiger partial charge in [0.05, 0.1) is 12.0 Å². The van der Waals surface area contributed by atoms with Crippen LogP contribution in [0.3, 0.4) is 0 Å². The van der Waals surface area contributed by atoms with E-state index in [1.54, 1.807) is 0 Å². The lowest BCUT2D eigenvalue weighted by atomic mass is 9.70. The summed E-state index contributed by atoms with van der Waals surface area (Å²) in [5, 5.41) is 4.43. The Morgan fingerprint density at radius 2 is 1.89 bits per heavy atom. The summed E-state index contributed by atoms with van der Waals surface area (Å²) in [5.74, 6) is 0.260. The lowest BCUT2D eigenvalue weighted by Gasteiger charge is -2.34. The minimum absolute atomic E-state index is 0.0214. The van der Waals surface area contributed by atoms with Gasteiger partial charge in [-0.25, -0.2) is 13.8 Å². The first-order valence-electron chi connectivity index (χ1n) is 9.04. The summed E-state index contributed by atoms with van der Waals surface area (Å²) in [5.41, 5.74) is 4.27. The average molecular weight is 394 g/mol. The van der Waals surface area contributed by atoms with E-state index in [1.165, 1.54) is 44.8 Å². The molecule has 1 amide bonds. The molecule has 2 aliphatic carbocycles. The van der Waals surface area contributed by atoms with Gasteiger partial charge in [0.15, 0.2) is 0 Å². The molecular weight excluding hydrogens is 366 g/mol. The number of carbonyl (C=O) groups is 1. The molecule has 2 saturated carbocycles. The van der Waals surface area contributed by atoms with E-state index in [9.17, 15) is 13.2 Å². The topological polar surface area (TPSA) is 88.1 Å². The molecule has 0 radical (unpaired) electrons. The highest BCUT2D eigenvalue weighted by Gasteiger charge is 2.60. The van der Waals surface area contributed by atoms with Gasteiger partial charge >= 0.3 is 0 Å². The number of nitrogens with one attached hydrogen (secondary N) is 1. The number of nitrogens with zero attached hydrogens (tertiary/aromatic N) is 2. The predicted octanol–water partition coefficient (Wildman–Crippen LogP) is 2.80. The highest BCUT2D eigenvalue weighted by atomic mass is 32.2. The Kier molecular flexibility index (Phi) is 4.95. The maximum absolute atomic E-state index is 12.4. The highest BCUT2D eigenvalue weighted by Crippen LogP contribution is 2.63. The summed E-state index contributed by atoms with van der Waals surface area (Å²) < 4.78 is 25.2. The molecule has 27 heavy (non-hydrogen) atoms. The Morgan fingerprint density at radius 3 is 2.37 bits per heavy atom. The maximum atomic E-state index is 12.4. The summed E-state index contributed by atoms with van der Waals surface area (Å²) in [6.45, 7) is 6.80. The molecule has 2 atom stereocenters. The summed E-state index contributed by atoms with van der Waals surface area (Å²) in [6, 6.07) is 5.71. The van der Waals surface area contributed by atoms with E-state index in [2.05, 4.69) is 31.3 Å². The first kappa shape index (κ1) is 20.0. The first-order valence-corrected chi connectivity index (χ1v) is 10.5. The van der Waals surface area contributed by atoms with Gasteiger partial charge in [0.2, 0.25) is 0 Å². The Labute approximate surface area is 160 Å². The van der Waals surface area contributed by atoms with Gasteiger partial charge in [0, 0.05) is 23.7 Å². The lowest BCUT2D eigenvalue weighted by molar-refractivity contribution is -0.0258. The Balaban J connectivity index is 1.73. The van der Waals surface area contributed by atoms with Gasteiger partial charge in [-0.15, -0.1) is 0 Å². The van der Waals surface area contributed by atoms with Crippen LogP contribution in [-0.4, -0.2) is 38.7 Å². The zero-order valence-corrected chi connectivity index (χ0v) is 17.3. The molecule has 1 aromatic carbocycles. The zero-order valence-electron chi connectivity index (χ0n) is 16.4. The van der Waals surface area contributed by atoms with Crippen LogP contribution in [0, 0.1) is 16.7 Å². The third-order valence-corrected chi connectivity index (χ3v) is 8.51. The molecule has 0 heterocycles. The first-order chi connectivity index (χ1) is 12.5. The van der Waals surface area contributed by atoms with Gasteiger partial charge in [-0.1, -0.05) is 25.2 Å². The van der Waals surface area contributed by atoms with E-state index in [0.717, 1.165) is 23.0 Å². The van der Waals surface area contributed by atoms with Crippen molar-refractivity contribution in [3.05, 3.63) is 29.8 Å². The van der Waals surface area contributed by atoms with Gasteiger partial charge in [-0.2, -0.15) is 5.10 Å².